The van der Waals surface area contributed by atoms with Crippen molar-refractivity contribution in [2.24, 2.45) is 7.05 Å². The smallest absolute Gasteiger partial charge is 0.413 e. The summed E-state index contributed by atoms with van der Waals surface area (Å²) < 4.78 is 7.04. The number of anilines is 1. The van der Waals surface area contributed by atoms with Gasteiger partial charge in [0.05, 0.1) is 6.20 Å². The number of aryl methyl sites for hydroxylation is 1. The minimum absolute atomic E-state index is 0.407. The fourth-order valence-electron chi connectivity index (χ4n) is 3.50. The zero-order valence-corrected chi connectivity index (χ0v) is 19.2. The summed E-state index contributed by atoms with van der Waals surface area (Å²) in [6.45, 7) is 1.80. The van der Waals surface area contributed by atoms with Gasteiger partial charge in [0.2, 0.25) is 0 Å². The highest BCUT2D eigenvalue weighted by Crippen LogP contribution is 2.35. The maximum Gasteiger partial charge on any atom is 0.413 e. The van der Waals surface area contributed by atoms with Gasteiger partial charge in [0.15, 0.2) is 0 Å². The Bertz CT molecular complexity index is 1320. The molecule has 1 heterocycles. The van der Waals surface area contributed by atoms with Crippen LogP contribution in [0.25, 0.3) is 11.1 Å². The molecule has 4 rings (SSSR count). The van der Waals surface area contributed by atoms with E-state index >= 15 is 0 Å². The number of benzene rings is 2. The lowest BCUT2D eigenvalue weighted by Crippen LogP contribution is -2.42. The molecule has 0 radical (unpaired) electrons. The van der Waals surface area contributed by atoms with Gasteiger partial charge in [-0.3, -0.25) is 14.8 Å². The predicted molar refractivity (Wildman–Crippen MR) is 128 cm³/mol. The Balaban J connectivity index is 1.42. The molecule has 1 aromatic heterocycles. The second kappa shape index (κ2) is 9.73. The Kier molecular flexibility index (Phi) is 6.55. The second-order valence-electron chi connectivity index (χ2n) is 8.28. The molecule has 1 fully saturated rings. The quantitative estimate of drug-likeness (QED) is 0.472. The van der Waals surface area contributed by atoms with Crippen LogP contribution in [0.4, 0.5) is 10.6 Å². The maximum absolute atomic E-state index is 12.5. The molecule has 1 atom stereocenters. The Morgan fingerprint density at radius 3 is 2.43 bits per heavy atom. The first-order chi connectivity index (χ1) is 16.8. The van der Waals surface area contributed by atoms with Crippen molar-refractivity contribution in [2.45, 2.75) is 31.4 Å². The Labute approximate surface area is 202 Å². The number of rotatable bonds is 6. The summed E-state index contributed by atoms with van der Waals surface area (Å²) in [5.74, 6) is 3.96. The number of ether oxygens (including phenoxy) is 1. The van der Waals surface area contributed by atoms with Crippen LogP contribution in [0.1, 0.15) is 37.0 Å². The van der Waals surface area contributed by atoms with E-state index in [2.05, 4.69) is 27.6 Å². The second-order valence-corrected chi connectivity index (χ2v) is 8.28. The van der Waals surface area contributed by atoms with Crippen molar-refractivity contribution < 1.29 is 24.2 Å². The third-order valence-electron chi connectivity index (χ3n) is 5.74. The Hall–Kier alpha value is -4.58. The summed E-state index contributed by atoms with van der Waals surface area (Å²) in [6.07, 6.45) is 1.42. The number of aliphatic carboxylic acids is 1. The van der Waals surface area contributed by atoms with Crippen LogP contribution in [0.15, 0.2) is 60.8 Å². The van der Waals surface area contributed by atoms with Crippen molar-refractivity contribution in [1.29, 1.82) is 0 Å². The monoisotopic (exact) mass is 472 g/mol. The molecule has 35 heavy (non-hydrogen) atoms. The number of nitrogens with one attached hydrogen (secondary N) is 2. The van der Waals surface area contributed by atoms with E-state index in [0.717, 1.165) is 11.1 Å². The summed E-state index contributed by atoms with van der Waals surface area (Å²) in [4.78, 5) is 35.7. The SMILES string of the molecule is C[C@@H](OC(=O)Nc1c(-c2ccc(C#CC(=O)NC3(C(=O)O)CC3)cc2)cnn1C)c1ccccc1. The van der Waals surface area contributed by atoms with Gasteiger partial charge in [-0.1, -0.05) is 48.4 Å². The zero-order valence-electron chi connectivity index (χ0n) is 19.2. The summed E-state index contributed by atoms with van der Waals surface area (Å²) in [7, 11) is 1.71. The van der Waals surface area contributed by atoms with E-state index < -0.39 is 29.6 Å². The lowest BCUT2D eigenvalue weighted by atomic mass is 10.1. The molecule has 2 aromatic carbocycles. The molecule has 178 valence electrons. The van der Waals surface area contributed by atoms with Gasteiger partial charge in [0.1, 0.15) is 17.5 Å². The number of aromatic nitrogens is 2. The molecule has 1 saturated carbocycles. The highest BCUT2D eigenvalue weighted by molar-refractivity contribution is 5.99. The van der Waals surface area contributed by atoms with Crippen LogP contribution in [0.3, 0.4) is 0 Å². The van der Waals surface area contributed by atoms with Gasteiger partial charge in [-0.05, 0) is 43.0 Å². The van der Waals surface area contributed by atoms with Gasteiger partial charge in [0.25, 0.3) is 5.91 Å². The van der Waals surface area contributed by atoms with Gasteiger partial charge in [-0.2, -0.15) is 5.10 Å². The molecule has 9 nitrogen and oxygen atoms in total. The van der Waals surface area contributed by atoms with Crippen LogP contribution >= 0.6 is 0 Å². The third-order valence-corrected chi connectivity index (χ3v) is 5.74. The van der Waals surface area contributed by atoms with E-state index in [1.54, 1.807) is 44.4 Å². The van der Waals surface area contributed by atoms with Gasteiger partial charge < -0.3 is 15.2 Å². The molecule has 2 amide bonds. The molecular weight excluding hydrogens is 448 g/mol. The average Bonchev–Trinajstić information content (AvgIpc) is 3.55. The van der Waals surface area contributed by atoms with Crippen molar-refractivity contribution in [3.63, 3.8) is 0 Å². The van der Waals surface area contributed by atoms with Crippen LogP contribution in [-0.2, 0) is 21.4 Å². The number of nitrogens with zero attached hydrogens (tertiary/aromatic N) is 2. The van der Waals surface area contributed by atoms with Gasteiger partial charge >= 0.3 is 12.1 Å². The van der Waals surface area contributed by atoms with E-state index in [0.29, 0.717) is 29.8 Å². The van der Waals surface area contributed by atoms with E-state index in [9.17, 15) is 14.4 Å². The van der Waals surface area contributed by atoms with Crippen molar-refractivity contribution in [2.75, 3.05) is 5.32 Å². The Morgan fingerprint density at radius 2 is 1.80 bits per heavy atom. The molecule has 1 aliphatic rings. The molecule has 3 N–H and O–H groups in total. The third kappa shape index (κ3) is 5.50. The van der Waals surface area contributed by atoms with Crippen molar-refractivity contribution in [3.05, 3.63) is 71.9 Å². The number of carbonyl (C=O) groups is 3. The fraction of sp³-hybridized carbons (Fsp3) is 0.231. The first kappa shape index (κ1) is 23.6. The number of hydrogen-bond acceptors (Lipinski definition) is 5. The largest absolute Gasteiger partial charge is 0.480 e. The van der Waals surface area contributed by atoms with Crippen LogP contribution in [0.2, 0.25) is 0 Å². The number of carboxylic acids is 1. The zero-order chi connectivity index (χ0) is 25.0. The normalized spacial score (nSPS) is 14.1. The standard InChI is InChI=1S/C26H24N4O5/c1-17(19-6-4-3-5-7-19)35-25(34)28-23-21(16-27-30(23)2)20-11-8-18(9-12-20)10-13-22(31)29-26(14-15-26)24(32)33/h3-9,11-12,16-17H,14-15H2,1-2H3,(H,28,34)(H,29,31)(H,32,33)/t17-/m1/s1. The highest BCUT2D eigenvalue weighted by Gasteiger charge is 2.51. The van der Waals surface area contributed by atoms with Crippen LogP contribution in [-0.4, -0.2) is 38.4 Å². The van der Waals surface area contributed by atoms with Gasteiger partial charge in [-0.15, -0.1) is 0 Å². The molecule has 9 heteroatoms. The topological polar surface area (TPSA) is 123 Å². The van der Waals surface area contributed by atoms with Gasteiger partial charge in [-0.25, -0.2) is 9.59 Å². The lowest BCUT2D eigenvalue weighted by Gasteiger charge is -2.15. The molecule has 0 spiro atoms. The molecule has 0 aliphatic heterocycles. The maximum atomic E-state index is 12.5. The molecule has 0 saturated heterocycles. The van der Waals surface area contributed by atoms with Crippen molar-refractivity contribution in [1.82, 2.24) is 15.1 Å². The van der Waals surface area contributed by atoms with Gasteiger partial charge in [0, 0.05) is 24.1 Å². The number of carboxylic acid groups (broad SMARTS) is 1. The first-order valence-electron chi connectivity index (χ1n) is 11.0. The fourth-order valence-corrected chi connectivity index (χ4v) is 3.50. The molecule has 0 unspecified atom stereocenters. The molecular formula is C26H24N4O5. The first-order valence-corrected chi connectivity index (χ1v) is 11.0. The van der Waals surface area contributed by atoms with E-state index in [1.165, 1.54) is 4.68 Å². The van der Waals surface area contributed by atoms with E-state index in [1.807, 2.05) is 30.3 Å². The number of hydrogen-bond donors (Lipinski definition) is 3. The summed E-state index contributed by atoms with van der Waals surface area (Å²) in [6, 6.07) is 16.5. The van der Waals surface area contributed by atoms with Crippen LogP contribution < -0.4 is 10.6 Å². The predicted octanol–water partition coefficient (Wildman–Crippen LogP) is 3.48. The van der Waals surface area contributed by atoms with E-state index in [-0.39, 0.29) is 0 Å². The summed E-state index contributed by atoms with van der Waals surface area (Å²) in [5, 5.41) is 18.6. The molecule has 3 aromatic rings. The minimum Gasteiger partial charge on any atom is -0.480 e. The highest BCUT2D eigenvalue weighted by atomic mass is 16.6. The van der Waals surface area contributed by atoms with Crippen LogP contribution in [0, 0.1) is 11.8 Å². The minimum atomic E-state index is -1.17. The number of amides is 2. The summed E-state index contributed by atoms with van der Waals surface area (Å²) in [5.41, 5.74) is 1.76. The molecule has 0 bridgehead atoms. The Morgan fingerprint density at radius 1 is 1.11 bits per heavy atom. The molecule has 1 aliphatic carbocycles. The van der Waals surface area contributed by atoms with E-state index in [4.69, 9.17) is 9.84 Å². The summed E-state index contributed by atoms with van der Waals surface area (Å²) >= 11 is 0. The lowest BCUT2D eigenvalue weighted by molar-refractivity contribution is -0.142. The van der Waals surface area contributed by atoms with Crippen molar-refractivity contribution >= 4 is 23.8 Å². The van der Waals surface area contributed by atoms with Crippen LogP contribution in [0.5, 0.6) is 0 Å². The number of carbonyl (C=O) groups excluding carboxylic acids is 2. The van der Waals surface area contributed by atoms with Crippen molar-refractivity contribution in [3.8, 4) is 23.0 Å². The average molecular weight is 473 g/mol.